The summed E-state index contributed by atoms with van der Waals surface area (Å²) in [6.07, 6.45) is -6.10. The summed E-state index contributed by atoms with van der Waals surface area (Å²) in [4.78, 5) is 11.6. The Kier molecular flexibility index (Phi) is 3.95. The molecule has 0 saturated carbocycles. The van der Waals surface area contributed by atoms with Gasteiger partial charge in [-0.25, -0.2) is 0 Å². The van der Waals surface area contributed by atoms with E-state index in [4.69, 9.17) is 0 Å². The molecule has 3 rings (SSSR count). The third-order valence-electron chi connectivity index (χ3n) is 4.13. The Labute approximate surface area is 143 Å². The van der Waals surface area contributed by atoms with E-state index < -0.39 is 35.6 Å². The summed E-state index contributed by atoms with van der Waals surface area (Å²) < 4.78 is 41.2. The number of carbonyl (C=O) groups is 1. The third-order valence-corrected chi connectivity index (χ3v) is 4.63. The van der Waals surface area contributed by atoms with Crippen LogP contribution in [0.1, 0.15) is 36.1 Å². The van der Waals surface area contributed by atoms with Gasteiger partial charge in [-0.2, -0.15) is 18.3 Å². The SMILES string of the molecule is CC(c1cccc(Br)c1)c1[nH]nc2c1C(O)(C(F)(F)F)CC(=O)N2. The van der Waals surface area contributed by atoms with Crippen LogP contribution in [0.3, 0.4) is 0 Å². The smallest absolute Gasteiger partial charge is 0.376 e. The summed E-state index contributed by atoms with van der Waals surface area (Å²) >= 11 is 3.32. The highest BCUT2D eigenvalue weighted by Crippen LogP contribution is 2.49. The summed E-state index contributed by atoms with van der Waals surface area (Å²) in [6, 6.07) is 7.09. The minimum absolute atomic E-state index is 0.114. The summed E-state index contributed by atoms with van der Waals surface area (Å²) in [5.41, 5.74) is -2.85. The molecule has 0 bridgehead atoms. The number of aliphatic hydroxyl groups is 1. The maximum Gasteiger partial charge on any atom is 0.422 e. The fourth-order valence-electron chi connectivity index (χ4n) is 2.86. The zero-order chi connectivity index (χ0) is 17.7. The molecule has 5 nitrogen and oxygen atoms in total. The summed E-state index contributed by atoms with van der Waals surface area (Å²) in [5, 5.41) is 18.9. The monoisotopic (exact) mass is 403 g/mol. The first-order chi connectivity index (χ1) is 11.1. The molecular weight excluding hydrogens is 391 g/mol. The molecule has 0 aliphatic carbocycles. The molecule has 2 aromatic rings. The van der Waals surface area contributed by atoms with Gasteiger partial charge in [0.05, 0.1) is 17.7 Å². The van der Waals surface area contributed by atoms with Crippen LogP contribution in [0.5, 0.6) is 0 Å². The van der Waals surface area contributed by atoms with Gasteiger partial charge in [0.25, 0.3) is 0 Å². The van der Waals surface area contributed by atoms with Crippen molar-refractivity contribution < 1.29 is 23.1 Å². The van der Waals surface area contributed by atoms with Crippen molar-refractivity contribution in [1.29, 1.82) is 0 Å². The quantitative estimate of drug-likeness (QED) is 0.718. The highest BCUT2D eigenvalue weighted by Gasteiger charge is 2.60. The van der Waals surface area contributed by atoms with Gasteiger partial charge in [0, 0.05) is 10.4 Å². The van der Waals surface area contributed by atoms with Gasteiger partial charge >= 0.3 is 6.18 Å². The van der Waals surface area contributed by atoms with Gasteiger partial charge in [-0.15, -0.1) is 0 Å². The highest BCUT2D eigenvalue weighted by molar-refractivity contribution is 9.10. The number of benzene rings is 1. The fraction of sp³-hybridized carbons (Fsp3) is 0.333. The van der Waals surface area contributed by atoms with E-state index in [9.17, 15) is 23.1 Å². The van der Waals surface area contributed by atoms with Crippen LogP contribution in [0.15, 0.2) is 28.7 Å². The van der Waals surface area contributed by atoms with Crippen LogP contribution >= 0.6 is 15.9 Å². The van der Waals surface area contributed by atoms with E-state index in [0.29, 0.717) is 0 Å². The van der Waals surface area contributed by atoms with Crippen LogP contribution in [0.25, 0.3) is 0 Å². The Balaban J connectivity index is 2.15. The summed E-state index contributed by atoms with van der Waals surface area (Å²) in [7, 11) is 0. The first-order valence-corrected chi connectivity index (χ1v) is 7.86. The molecule has 1 amide bonds. The molecule has 1 aromatic heterocycles. The van der Waals surface area contributed by atoms with Gasteiger partial charge < -0.3 is 10.4 Å². The van der Waals surface area contributed by atoms with Crippen LogP contribution in [0, 0.1) is 0 Å². The lowest BCUT2D eigenvalue weighted by molar-refractivity contribution is -0.267. The van der Waals surface area contributed by atoms with Crippen molar-refractivity contribution in [1.82, 2.24) is 10.2 Å². The Morgan fingerprint density at radius 1 is 1.42 bits per heavy atom. The molecule has 0 fully saturated rings. The first-order valence-electron chi connectivity index (χ1n) is 7.06. The van der Waals surface area contributed by atoms with E-state index >= 15 is 0 Å². The number of anilines is 1. The van der Waals surface area contributed by atoms with E-state index in [1.807, 2.05) is 0 Å². The number of fused-ring (bicyclic) bond motifs is 1. The predicted octanol–water partition coefficient (Wildman–Crippen LogP) is 3.42. The van der Waals surface area contributed by atoms with Gasteiger partial charge in [-0.3, -0.25) is 9.89 Å². The molecule has 0 radical (unpaired) electrons. The van der Waals surface area contributed by atoms with Gasteiger partial charge in [-0.05, 0) is 17.7 Å². The minimum Gasteiger partial charge on any atom is -0.376 e. The highest BCUT2D eigenvalue weighted by atomic mass is 79.9. The van der Waals surface area contributed by atoms with Crippen molar-refractivity contribution in [3.63, 3.8) is 0 Å². The van der Waals surface area contributed by atoms with Crippen LogP contribution in [-0.2, 0) is 10.4 Å². The largest absolute Gasteiger partial charge is 0.422 e. The topological polar surface area (TPSA) is 78.0 Å². The van der Waals surface area contributed by atoms with Crippen molar-refractivity contribution >= 4 is 27.7 Å². The van der Waals surface area contributed by atoms with E-state index in [1.165, 1.54) is 0 Å². The Morgan fingerprint density at radius 3 is 2.75 bits per heavy atom. The number of hydrogen-bond acceptors (Lipinski definition) is 3. The van der Waals surface area contributed by atoms with Gasteiger partial charge in [0.15, 0.2) is 11.4 Å². The Hall–Kier alpha value is -1.87. The molecule has 1 aromatic carbocycles. The van der Waals surface area contributed by atoms with Crippen LogP contribution in [0.4, 0.5) is 19.0 Å². The number of aromatic nitrogens is 2. The standard InChI is InChI=1S/C15H13BrF3N3O2/c1-7(8-3-2-4-9(16)5-8)12-11-13(22-21-12)20-10(23)6-14(11,24)15(17,18)19/h2-5,7,24H,6H2,1H3,(H2,20,21,22,23). The first kappa shape index (κ1) is 17.0. The number of aromatic amines is 1. The van der Waals surface area contributed by atoms with Crippen LogP contribution in [-0.4, -0.2) is 27.4 Å². The second-order valence-electron chi connectivity index (χ2n) is 5.72. The molecular formula is C15H13BrF3N3O2. The molecule has 1 aliphatic rings. The average molecular weight is 404 g/mol. The van der Waals surface area contributed by atoms with Crippen LogP contribution < -0.4 is 5.32 Å². The molecule has 9 heteroatoms. The summed E-state index contributed by atoms with van der Waals surface area (Å²) in [5.74, 6) is -1.72. The maximum atomic E-state index is 13.5. The van der Waals surface area contributed by atoms with E-state index in [1.54, 1.807) is 31.2 Å². The number of alkyl halides is 3. The lowest BCUT2D eigenvalue weighted by Crippen LogP contribution is -2.48. The lowest BCUT2D eigenvalue weighted by atomic mass is 9.82. The fourth-order valence-corrected chi connectivity index (χ4v) is 3.28. The third kappa shape index (κ3) is 2.61. The molecule has 24 heavy (non-hydrogen) atoms. The van der Waals surface area contributed by atoms with Gasteiger partial charge in [0.1, 0.15) is 0 Å². The minimum atomic E-state index is -5.00. The molecule has 2 unspecified atom stereocenters. The van der Waals surface area contributed by atoms with E-state index in [-0.39, 0.29) is 11.5 Å². The Bertz CT molecular complexity index is 806. The van der Waals surface area contributed by atoms with Crippen LogP contribution in [0.2, 0.25) is 0 Å². The molecule has 3 N–H and O–H groups in total. The molecule has 2 heterocycles. The normalized spacial score (nSPS) is 22.0. The second kappa shape index (κ2) is 5.59. The van der Waals surface area contributed by atoms with Crippen molar-refractivity contribution in [2.75, 3.05) is 5.32 Å². The molecule has 1 aliphatic heterocycles. The number of nitrogens with one attached hydrogen (secondary N) is 2. The number of H-pyrrole nitrogens is 1. The molecule has 2 atom stereocenters. The van der Waals surface area contributed by atoms with Gasteiger partial charge in [0.2, 0.25) is 5.91 Å². The average Bonchev–Trinajstić information content (AvgIpc) is 2.89. The van der Waals surface area contributed by atoms with E-state index in [0.717, 1.165) is 10.0 Å². The number of amides is 1. The second-order valence-corrected chi connectivity index (χ2v) is 6.64. The molecule has 0 spiro atoms. The lowest BCUT2D eigenvalue weighted by Gasteiger charge is -2.34. The van der Waals surface area contributed by atoms with Gasteiger partial charge in [-0.1, -0.05) is 35.0 Å². The zero-order valence-electron chi connectivity index (χ0n) is 12.4. The predicted molar refractivity (Wildman–Crippen MR) is 83.4 cm³/mol. The van der Waals surface area contributed by atoms with Crippen molar-refractivity contribution in [2.24, 2.45) is 0 Å². The molecule has 0 saturated heterocycles. The number of carbonyl (C=O) groups excluding carboxylic acids is 1. The molecule has 128 valence electrons. The number of hydrogen-bond donors (Lipinski definition) is 3. The van der Waals surface area contributed by atoms with Crippen molar-refractivity contribution in [3.05, 3.63) is 45.6 Å². The number of halogens is 4. The van der Waals surface area contributed by atoms with E-state index in [2.05, 4.69) is 31.4 Å². The number of rotatable bonds is 2. The zero-order valence-corrected chi connectivity index (χ0v) is 14.0. The number of nitrogens with zero attached hydrogens (tertiary/aromatic N) is 1. The Morgan fingerprint density at radius 2 is 2.12 bits per heavy atom. The summed E-state index contributed by atoms with van der Waals surface area (Å²) in [6.45, 7) is 1.70. The van der Waals surface area contributed by atoms with Crippen molar-refractivity contribution in [2.45, 2.75) is 31.0 Å². The van der Waals surface area contributed by atoms with Crippen molar-refractivity contribution in [3.8, 4) is 0 Å². The maximum absolute atomic E-state index is 13.5.